The van der Waals surface area contributed by atoms with E-state index in [1.165, 1.54) is 4.90 Å². The van der Waals surface area contributed by atoms with E-state index in [4.69, 9.17) is 9.15 Å². The van der Waals surface area contributed by atoms with E-state index < -0.39 is 26.7 Å². The maximum Gasteiger partial charge on any atom is 0.336 e. The predicted molar refractivity (Wildman–Crippen MR) is 79.2 cm³/mol. The Hall–Kier alpha value is -2.26. The summed E-state index contributed by atoms with van der Waals surface area (Å²) in [6.45, 7) is 1.58. The highest BCUT2D eigenvalue weighted by atomic mass is 32.2. The lowest BCUT2D eigenvalue weighted by Crippen LogP contribution is -2.43. The summed E-state index contributed by atoms with van der Waals surface area (Å²) in [6.07, 6.45) is 0. The fourth-order valence-corrected chi connectivity index (χ4v) is 3.16. The molecule has 1 saturated heterocycles. The van der Waals surface area contributed by atoms with Crippen LogP contribution in [0.2, 0.25) is 0 Å². The molecule has 1 fully saturated rings. The van der Waals surface area contributed by atoms with E-state index in [0.29, 0.717) is 31.9 Å². The van der Waals surface area contributed by atoms with Gasteiger partial charge in [-0.2, -0.15) is 0 Å². The molecule has 0 bridgehead atoms. The molecule has 1 aromatic heterocycles. The van der Waals surface area contributed by atoms with Crippen molar-refractivity contribution in [2.45, 2.75) is 5.22 Å². The molecular formula is C14H15N3O5S. The summed E-state index contributed by atoms with van der Waals surface area (Å²) in [4.78, 5) is 13.5. The smallest absolute Gasteiger partial charge is 0.336 e. The Balaban J connectivity index is 1.75. The van der Waals surface area contributed by atoms with Crippen molar-refractivity contribution in [2.24, 2.45) is 0 Å². The molecule has 0 radical (unpaired) electrons. The number of amides is 1. The lowest BCUT2D eigenvalue weighted by molar-refractivity contribution is -0.132. The number of rotatable bonds is 4. The molecule has 2 aromatic rings. The van der Waals surface area contributed by atoms with E-state index >= 15 is 0 Å². The van der Waals surface area contributed by atoms with Crippen LogP contribution in [0.5, 0.6) is 0 Å². The SMILES string of the molecule is O=C(CS(=O)(=O)c1nnc(-c2ccccc2)o1)N1CCOCC1. The first-order valence-electron chi connectivity index (χ1n) is 7.03. The number of carbonyl (C=O) groups excluding carboxylic acids is 1. The molecule has 1 amide bonds. The van der Waals surface area contributed by atoms with Crippen molar-refractivity contribution in [3.63, 3.8) is 0 Å². The summed E-state index contributed by atoms with van der Waals surface area (Å²) >= 11 is 0. The van der Waals surface area contributed by atoms with Crippen LogP contribution in [0.25, 0.3) is 11.5 Å². The third-order valence-electron chi connectivity index (χ3n) is 3.37. The van der Waals surface area contributed by atoms with Crippen LogP contribution in [0.4, 0.5) is 0 Å². The van der Waals surface area contributed by atoms with Gasteiger partial charge in [0.2, 0.25) is 21.6 Å². The Morgan fingerprint density at radius 3 is 2.52 bits per heavy atom. The van der Waals surface area contributed by atoms with Crippen molar-refractivity contribution in [1.29, 1.82) is 0 Å². The van der Waals surface area contributed by atoms with Crippen molar-refractivity contribution in [1.82, 2.24) is 15.1 Å². The Bertz CT molecular complexity index is 782. The molecule has 9 heteroatoms. The van der Waals surface area contributed by atoms with Crippen LogP contribution in [-0.4, -0.2) is 61.5 Å². The van der Waals surface area contributed by atoms with Gasteiger partial charge in [-0.1, -0.05) is 23.3 Å². The number of carbonyl (C=O) groups is 1. The summed E-state index contributed by atoms with van der Waals surface area (Å²) in [5.41, 5.74) is 0.612. The molecule has 0 saturated carbocycles. The summed E-state index contributed by atoms with van der Waals surface area (Å²) in [6, 6.07) is 8.81. The van der Waals surface area contributed by atoms with Gasteiger partial charge < -0.3 is 14.1 Å². The van der Waals surface area contributed by atoms with Crippen LogP contribution in [-0.2, 0) is 19.4 Å². The summed E-state index contributed by atoms with van der Waals surface area (Å²) in [5.74, 6) is -1.08. The molecule has 0 aliphatic carbocycles. The molecule has 122 valence electrons. The van der Waals surface area contributed by atoms with Gasteiger partial charge in [0.15, 0.2) is 0 Å². The predicted octanol–water partition coefficient (Wildman–Crippen LogP) is 0.369. The maximum atomic E-state index is 12.3. The number of morpholine rings is 1. The van der Waals surface area contributed by atoms with Gasteiger partial charge in [0, 0.05) is 18.7 Å². The van der Waals surface area contributed by atoms with Gasteiger partial charge in [0.25, 0.3) is 0 Å². The number of aromatic nitrogens is 2. The molecule has 1 aliphatic heterocycles. The zero-order valence-electron chi connectivity index (χ0n) is 12.2. The van der Waals surface area contributed by atoms with E-state index in [-0.39, 0.29) is 5.89 Å². The van der Waals surface area contributed by atoms with Gasteiger partial charge >= 0.3 is 5.22 Å². The molecule has 1 aliphatic rings. The van der Waals surface area contributed by atoms with E-state index in [1.807, 2.05) is 6.07 Å². The van der Waals surface area contributed by atoms with E-state index in [0.717, 1.165) is 0 Å². The molecular weight excluding hydrogens is 322 g/mol. The number of ether oxygens (including phenoxy) is 1. The molecule has 3 rings (SSSR count). The van der Waals surface area contributed by atoms with Gasteiger partial charge in [0.05, 0.1) is 13.2 Å². The van der Waals surface area contributed by atoms with Crippen molar-refractivity contribution >= 4 is 15.7 Å². The molecule has 1 aromatic carbocycles. The molecule has 0 unspecified atom stereocenters. The minimum atomic E-state index is -3.97. The van der Waals surface area contributed by atoms with E-state index in [1.54, 1.807) is 24.3 Å². The van der Waals surface area contributed by atoms with Crippen molar-refractivity contribution in [2.75, 3.05) is 32.1 Å². The van der Waals surface area contributed by atoms with Gasteiger partial charge in [-0.15, -0.1) is 5.10 Å². The molecule has 8 nitrogen and oxygen atoms in total. The normalized spacial score (nSPS) is 15.6. The Morgan fingerprint density at radius 1 is 1.13 bits per heavy atom. The molecule has 0 N–H and O–H groups in total. The molecule has 2 heterocycles. The monoisotopic (exact) mass is 337 g/mol. The Labute approximate surface area is 133 Å². The van der Waals surface area contributed by atoms with Crippen LogP contribution in [0.3, 0.4) is 0 Å². The third kappa shape index (κ3) is 3.57. The largest absolute Gasteiger partial charge is 0.408 e. The second-order valence-electron chi connectivity index (χ2n) is 4.99. The van der Waals surface area contributed by atoms with Crippen molar-refractivity contribution < 1.29 is 22.4 Å². The van der Waals surface area contributed by atoms with E-state index in [9.17, 15) is 13.2 Å². The average Bonchev–Trinajstić information content (AvgIpc) is 3.07. The Kier molecular flexibility index (Phi) is 4.39. The zero-order valence-corrected chi connectivity index (χ0v) is 13.0. The van der Waals surface area contributed by atoms with Crippen LogP contribution in [0.1, 0.15) is 0 Å². The maximum absolute atomic E-state index is 12.3. The highest BCUT2D eigenvalue weighted by Crippen LogP contribution is 2.20. The average molecular weight is 337 g/mol. The fourth-order valence-electron chi connectivity index (χ4n) is 2.16. The van der Waals surface area contributed by atoms with Crippen LogP contribution in [0, 0.1) is 0 Å². The topological polar surface area (TPSA) is 103 Å². The summed E-state index contributed by atoms with van der Waals surface area (Å²) < 4.78 is 34.9. The van der Waals surface area contributed by atoms with Gasteiger partial charge in [-0.3, -0.25) is 4.79 Å². The summed E-state index contributed by atoms with van der Waals surface area (Å²) in [7, 11) is -3.97. The van der Waals surface area contributed by atoms with Crippen molar-refractivity contribution in [3.8, 4) is 11.5 Å². The first-order chi connectivity index (χ1) is 11.1. The molecule has 0 spiro atoms. The lowest BCUT2D eigenvalue weighted by atomic mass is 10.2. The summed E-state index contributed by atoms with van der Waals surface area (Å²) in [5, 5.41) is 6.75. The molecule has 0 atom stereocenters. The standard InChI is InChI=1S/C14H15N3O5S/c18-12(17-6-8-21-9-7-17)10-23(19,20)14-16-15-13(22-14)11-4-2-1-3-5-11/h1-5H,6-10H2. The number of hydrogen-bond donors (Lipinski definition) is 0. The second-order valence-corrected chi connectivity index (χ2v) is 6.86. The number of hydrogen-bond acceptors (Lipinski definition) is 7. The molecule has 23 heavy (non-hydrogen) atoms. The number of nitrogens with zero attached hydrogens (tertiary/aromatic N) is 3. The quantitative estimate of drug-likeness (QED) is 0.794. The van der Waals surface area contributed by atoms with Crippen molar-refractivity contribution in [3.05, 3.63) is 30.3 Å². The first kappa shape index (κ1) is 15.6. The lowest BCUT2D eigenvalue weighted by Gasteiger charge is -2.26. The highest BCUT2D eigenvalue weighted by molar-refractivity contribution is 7.91. The van der Waals surface area contributed by atoms with Gasteiger partial charge in [-0.05, 0) is 12.1 Å². The number of sulfone groups is 1. The fraction of sp³-hybridized carbons (Fsp3) is 0.357. The highest BCUT2D eigenvalue weighted by Gasteiger charge is 2.29. The first-order valence-corrected chi connectivity index (χ1v) is 8.69. The zero-order chi connectivity index (χ0) is 16.3. The second kappa shape index (κ2) is 6.47. The number of benzene rings is 1. The van der Waals surface area contributed by atoms with Gasteiger partial charge in [0.1, 0.15) is 5.75 Å². The van der Waals surface area contributed by atoms with Crippen LogP contribution in [0.15, 0.2) is 40.0 Å². The van der Waals surface area contributed by atoms with Crippen LogP contribution >= 0.6 is 0 Å². The van der Waals surface area contributed by atoms with Gasteiger partial charge in [-0.25, -0.2) is 8.42 Å². The third-order valence-corrected chi connectivity index (χ3v) is 4.69. The minimum Gasteiger partial charge on any atom is -0.408 e. The van der Waals surface area contributed by atoms with E-state index in [2.05, 4.69) is 10.2 Å². The van der Waals surface area contributed by atoms with Crippen LogP contribution < -0.4 is 0 Å². The minimum absolute atomic E-state index is 0.1000. The Morgan fingerprint density at radius 2 is 1.83 bits per heavy atom.